The van der Waals surface area contributed by atoms with E-state index < -0.39 is 30.6 Å². The largest absolute Gasteiger partial charge is 0.405 e. The highest BCUT2D eigenvalue weighted by Gasteiger charge is 2.39. The first-order valence-corrected chi connectivity index (χ1v) is 8.00. The molecule has 27 heavy (non-hydrogen) atoms. The average molecular weight is 375 g/mol. The highest BCUT2D eigenvalue weighted by molar-refractivity contribution is 5.99. The van der Waals surface area contributed by atoms with Crippen LogP contribution in [0.4, 0.5) is 13.2 Å². The molecule has 0 saturated heterocycles. The van der Waals surface area contributed by atoms with Crippen LogP contribution in [0.2, 0.25) is 0 Å². The molecule has 0 radical (unpaired) electrons. The number of rotatable bonds is 5. The zero-order valence-corrected chi connectivity index (χ0v) is 13.7. The average Bonchev–Trinajstić information content (AvgIpc) is 3.11. The Balaban J connectivity index is 1.55. The molecule has 10 heteroatoms. The van der Waals surface area contributed by atoms with Crippen LogP contribution in [0.25, 0.3) is 0 Å². The van der Waals surface area contributed by atoms with Crippen molar-refractivity contribution >= 4 is 11.8 Å². The molecule has 1 fully saturated rings. The SMILES string of the molecule is O=C(NC(C(=O)NCC(F)(F)F)c1ccccn1)C1=C2C=C3CC3=C2N=N1. The maximum Gasteiger partial charge on any atom is 0.405 e. The van der Waals surface area contributed by atoms with E-state index in [-0.39, 0.29) is 11.4 Å². The first kappa shape index (κ1) is 17.1. The fourth-order valence-corrected chi connectivity index (χ4v) is 2.85. The van der Waals surface area contributed by atoms with Gasteiger partial charge in [-0.3, -0.25) is 14.6 Å². The van der Waals surface area contributed by atoms with Gasteiger partial charge in [-0.1, -0.05) is 6.07 Å². The lowest BCUT2D eigenvalue weighted by atomic mass is 10.1. The van der Waals surface area contributed by atoms with Crippen LogP contribution in [-0.2, 0) is 9.59 Å². The van der Waals surface area contributed by atoms with Crippen molar-refractivity contribution in [3.05, 3.63) is 64.3 Å². The smallest absolute Gasteiger partial charge is 0.345 e. The van der Waals surface area contributed by atoms with Crippen LogP contribution in [0.3, 0.4) is 0 Å². The van der Waals surface area contributed by atoms with Crippen LogP contribution in [0, 0.1) is 0 Å². The maximum absolute atomic E-state index is 12.6. The molecule has 2 heterocycles. The molecular formula is C17H12F3N5O2. The lowest BCUT2D eigenvalue weighted by Crippen LogP contribution is -2.44. The molecule has 138 valence electrons. The van der Waals surface area contributed by atoms with Crippen LogP contribution in [0.15, 0.2) is 68.8 Å². The Bertz CT molecular complexity index is 961. The van der Waals surface area contributed by atoms with Crippen LogP contribution >= 0.6 is 0 Å². The number of carbonyl (C=O) groups is 2. The second-order valence-electron chi connectivity index (χ2n) is 6.13. The summed E-state index contributed by atoms with van der Waals surface area (Å²) < 4.78 is 37.2. The van der Waals surface area contributed by atoms with E-state index >= 15 is 0 Å². The lowest BCUT2D eigenvalue weighted by Gasteiger charge is -2.18. The highest BCUT2D eigenvalue weighted by Crippen LogP contribution is 2.51. The van der Waals surface area contributed by atoms with Gasteiger partial charge >= 0.3 is 6.18 Å². The number of fused-ring (bicyclic) bond motifs is 2. The van der Waals surface area contributed by atoms with Gasteiger partial charge in [0.25, 0.3) is 5.91 Å². The highest BCUT2D eigenvalue weighted by atomic mass is 19.4. The number of hydrogen-bond acceptors (Lipinski definition) is 5. The molecule has 1 unspecified atom stereocenters. The van der Waals surface area contributed by atoms with Crippen molar-refractivity contribution in [1.29, 1.82) is 0 Å². The third-order valence-corrected chi connectivity index (χ3v) is 4.19. The first-order valence-electron chi connectivity index (χ1n) is 8.00. The predicted octanol–water partition coefficient (Wildman–Crippen LogP) is 2.24. The third-order valence-electron chi connectivity index (χ3n) is 4.19. The second-order valence-corrected chi connectivity index (χ2v) is 6.13. The number of carbonyl (C=O) groups excluding carboxylic acids is 2. The Kier molecular flexibility index (Phi) is 3.90. The number of alkyl halides is 3. The zero-order valence-electron chi connectivity index (χ0n) is 13.7. The standard InChI is InChI=1S/C17H12F3N5O2/c18-17(19,20)7-22-15(26)14(11-3-1-2-4-21-11)23-16(27)13-10-6-8-5-9(8)12(10)24-25-13/h1-4,6,14H,5,7H2,(H,22,26)(H,23,27). The minimum Gasteiger partial charge on any atom is -0.345 e. The number of amides is 2. The summed E-state index contributed by atoms with van der Waals surface area (Å²) in [6.45, 7) is -1.51. The number of nitrogens with zero attached hydrogens (tertiary/aromatic N) is 3. The quantitative estimate of drug-likeness (QED) is 0.826. The number of allylic oxidation sites excluding steroid dienone is 3. The molecule has 1 aromatic rings. The van der Waals surface area contributed by atoms with Gasteiger partial charge in [0.05, 0.1) is 11.4 Å². The van der Waals surface area contributed by atoms with Crippen LogP contribution in [-0.4, -0.2) is 29.5 Å². The van der Waals surface area contributed by atoms with Crippen molar-refractivity contribution in [2.75, 3.05) is 6.54 Å². The van der Waals surface area contributed by atoms with E-state index in [4.69, 9.17) is 0 Å². The number of hydrogen-bond donors (Lipinski definition) is 2. The van der Waals surface area contributed by atoms with Gasteiger partial charge in [0.2, 0.25) is 5.91 Å². The summed E-state index contributed by atoms with van der Waals surface area (Å²) in [6, 6.07) is 3.19. The molecule has 1 aromatic heterocycles. The molecule has 3 aliphatic rings. The maximum atomic E-state index is 12.6. The fourth-order valence-electron chi connectivity index (χ4n) is 2.85. The van der Waals surface area contributed by atoms with Crippen molar-refractivity contribution in [3.8, 4) is 0 Å². The third kappa shape index (κ3) is 3.37. The van der Waals surface area contributed by atoms with Crippen molar-refractivity contribution in [3.63, 3.8) is 0 Å². The summed E-state index contributed by atoms with van der Waals surface area (Å²) in [7, 11) is 0. The summed E-state index contributed by atoms with van der Waals surface area (Å²) in [5, 5.41) is 12.0. The van der Waals surface area contributed by atoms with Crippen molar-refractivity contribution in [2.24, 2.45) is 10.2 Å². The van der Waals surface area contributed by atoms with Gasteiger partial charge in [-0.15, -0.1) is 10.2 Å². The predicted molar refractivity (Wildman–Crippen MR) is 85.8 cm³/mol. The summed E-state index contributed by atoms with van der Waals surface area (Å²) in [4.78, 5) is 28.8. The molecule has 0 aromatic carbocycles. The molecule has 4 rings (SSSR count). The van der Waals surface area contributed by atoms with E-state index in [1.165, 1.54) is 12.3 Å². The van der Waals surface area contributed by atoms with Crippen molar-refractivity contribution in [2.45, 2.75) is 18.6 Å². The number of nitrogens with one attached hydrogen (secondary N) is 2. The zero-order chi connectivity index (χ0) is 19.2. The molecular weight excluding hydrogens is 363 g/mol. The Morgan fingerprint density at radius 3 is 2.74 bits per heavy atom. The van der Waals surface area contributed by atoms with E-state index in [0.29, 0.717) is 11.3 Å². The summed E-state index contributed by atoms with van der Waals surface area (Å²) in [6.07, 6.45) is -0.570. The van der Waals surface area contributed by atoms with Crippen LogP contribution < -0.4 is 10.6 Å². The van der Waals surface area contributed by atoms with Gasteiger partial charge in [-0.2, -0.15) is 13.2 Å². The number of aromatic nitrogens is 1. The Morgan fingerprint density at radius 2 is 2.04 bits per heavy atom. The molecule has 2 amide bonds. The van der Waals surface area contributed by atoms with Crippen molar-refractivity contribution in [1.82, 2.24) is 15.6 Å². The van der Waals surface area contributed by atoms with Crippen LogP contribution in [0.1, 0.15) is 18.2 Å². The molecule has 1 atom stereocenters. The van der Waals surface area contributed by atoms with Gasteiger partial charge in [0, 0.05) is 18.2 Å². The molecule has 1 aliphatic heterocycles. The van der Waals surface area contributed by atoms with Gasteiger partial charge < -0.3 is 10.6 Å². The van der Waals surface area contributed by atoms with E-state index in [1.54, 1.807) is 23.5 Å². The number of halogens is 3. The molecule has 0 bridgehead atoms. The van der Waals surface area contributed by atoms with Gasteiger partial charge in [0.1, 0.15) is 6.54 Å². The van der Waals surface area contributed by atoms with Gasteiger partial charge in [0.15, 0.2) is 11.7 Å². The minimum atomic E-state index is -4.57. The fraction of sp³-hybridized carbons (Fsp3) is 0.235. The monoisotopic (exact) mass is 375 g/mol. The molecule has 0 spiro atoms. The number of azo groups is 1. The van der Waals surface area contributed by atoms with E-state index in [1.807, 2.05) is 0 Å². The summed E-state index contributed by atoms with van der Waals surface area (Å²) in [5.41, 5.74) is 3.48. The molecule has 1 saturated carbocycles. The Morgan fingerprint density at radius 1 is 1.22 bits per heavy atom. The Hall–Kier alpha value is -3.30. The minimum absolute atomic E-state index is 0.0294. The van der Waals surface area contributed by atoms with E-state index in [9.17, 15) is 22.8 Å². The summed E-state index contributed by atoms with van der Waals surface area (Å²) >= 11 is 0. The second kappa shape index (κ2) is 6.15. The van der Waals surface area contributed by atoms with E-state index in [0.717, 1.165) is 17.6 Å². The van der Waals surface area contributed by atoms with Crippen LogP contribution in [0.5, 0.6) is 0 Å². The topological polar surface area (TPSA) is 95.8 Å². The molecule has 2 aliphatic carbocycles. The number of pyridine rings is 1. The van der Waals surface area contributed by atoms with Gasteiger partial charge in [-0.05, 0) is 29.4 Å². The molecule has 7 nitrogen and oxygen atoms in total. The van der Waals surface area contributed by atoms with Gasteiger partial charge in [-0.25, -0.2) is 0 Å². The lowest BCUT2D eigenvalue weighted by molar-refractivity contribution is -0.140. The normalized spacial score (nSPS) is 18.1. The first-order chi connectivity index (χ1) is 12.8. The summed E-state index contributed by atoms with van der Waals surface area (Å²) in [5.74, 6) is -1.73. The van der Waals surface area contributed by atoms with E-state index in [2.05, 4.69) is 20.5 Å². The Labute approximate surface area is 150 Å². The van der Waals surface area contributed by atoms with Crippen molar-refractivity contribution < 1.29 is 22.8 Å². The molecule has 2 N–H and O–H groups in total.